The molecule has 11 heavy (non-hydrogen) atoms. The van der Waals surface area contributed by atoms with Crippen molar-refractivity contribution in [3.05, 3.63) is 21.9 Å². The zero-order valence-electron chi connectivity index (χ0n) is 5.79. The van der Waals surface area contributed by atoms with Gasteiger partial charge in [0, 0.05) is 6.07 Å². The van der Waals surface area contributed by atoms with E-state index in [4.69, 9.17) is 10.6 Å². The first-order valence-corrected chi connectivity index (χ1v) is 2.79. The van der Waals surface area contributed by atoms with Crippen LogP contribution in [-0.4, -0.2) is 22.3 Å². The number of aromatic nitrogens is 2. The third kappa shape index (κ3) is 1.23. The van der Waals surface area contributed by atoms with Crippen LogP contribution >= 0.6 is 0 Å². The molecule has 1 heterocycles. The van der Waals surface area contributed by atoms with Gasteiger partial charge in [-0.3, -0.25) is 10.2 Å². The lowest BCUT2D eigenvalue weighted by atomic mass is 10.5. The average molecular weight is 157 g/mol. The predicted molar refractivity (Wildman–Crippen MR) is 34.6 cm³/mol. The summed E-state index contributed by atoms with van der Waals surface area (Å²) in [4.78, 5) is 11.1. The molecule has 0 aliphatic heterocycles. The molecule has 0 amide bonds. The monoisotopic (exact) mass is 157 g/mol. The first-order chi connectivity index (χ1) is 5.15. The fourth-order valence-corrected chi connectivity index (χ4v) is 0.614. The number of nitrogens with one attached hydrogen (secondary N) is 2. The van der Waals surface area contributed by atoms with Gasteiger partial charge in [-0.1, -0.05) is 0 Å². The van der Waals surface area contributed by atoms with E-state index >= 15 is 0 Å². The average Bonchev–Trinajstić information content (AvgIpc) is 1.97. The Morgan fingerprint density at radius 2 is 2.45 bits per heavy atom. The molecule has 1 rings (SSSR count). The van der Waals surface area contributed by atoms with Gasteiger partial charge in [-0.2, -0.15) is 0 Å². The normalized spacial score (nSPS) is 9.55. The summed E-state index contributed by atoms with van der Waals surface area (Å²) in [7, 11) is 1.31. The van der Waals surface area contributed by atoms with Gasteiger partial charge in [0.15, 0.2) is 11.2 Å². The minimum absolute atomic E-state index is 0.000278. The predicted octanol–water partition coefficient (Wildman–Crippen LogP) is -1.10. The minimum Gasteiger partial charge on any atom is -0.491 e. The Kier molecular flexibility index (Phi) is 1.67. The van der Waals surface area contributed by atoms with Crippen molar-refractivity contribution < 1.29 is 9.94 Å². The van der Waals surface area contributed by atoms with Crippen LogP contribution in [0.1, 0.15) is 0 Å². The Hall–Kier alpha value is -1.72. The van der Waals surface area contributed by atoms with E-state index < -0.39 is 5.56 Å². The largest absolute Gasteiger partial charge is 0.491 e. The molecule has 0 bridgehead atoms. The lowest BCUT2D eigenvalue weighted by Gasteiger charge is -1.99. The minimum atomic E-state index is -0.578. The van der Waals surface area contributed by atoms with Crippen LogP contribution in [0, 0.1) is 5.41 Å². The maximum atomic E-state index is 10.8. The maximum Gasteiger partial charge on any atom is 0.307 e. The summed E-state index contributed by atoms with van der Waals surface area (Å²) in [5, 5.41) is 17.7. The van der Waals surface area contributed by atoms with Gasteiger partial charge in [-0.15, -0.1) is 4.85 Å². The highest BCUT2D eigenvalue weighted by Crippen LogP contribution is 1.91. The van der Waals surface area contributed by atoms with Gasteiger partial charge in [0.05, 0.1) is 7.11 Å². The van der Waals surface area contributed by atoms with Crippen molar-refractivity contribution in [2.45, 2.75) is 0 Å². The third-order valence-corrected chi connectivity index (χ3v) is 1.15. The van der Waals surface area contributed by atoms with E-state index in [0.29, 0.717) is 4.85 Å². The molecule has 3 N–H and O–H groups in total. The molecule has 0 aliphatic rings. The second-order valence-corrected chi connectivity index (χ2v) is 1.85. The standard InChI is InChI=1S/C5H7N3O3/c1-11-3-2-4(6)8(10)7-5(3)9/h2,6,10H,1H3,(H,7,9). The molecule has 0 fully saturated rings. The van der Waals surface area contributed by atoms with E-state index in [2.05, 4.69) is 4.74 Å². The lowest BCUT2D eigenvalue weighted by Crippen LogP contribution is -2.27. The molecule has 0 unspecified atom stereocenters. The van der Waals surface area contributed by atoms with E-state index in [0.717, 1.165) is 6.07 Å². The Morgan fingerprint density at radius 3 is 3.00 bits per heavy atom. The van der Waals surface area contributed by atoms with Crippen LogP contribution in [0.3, 0.4) is 0 Å². The molecular formula is C5H7N3O3. The fourth-order valence-electron chi connectivity index (χ4n) is 0.614. The number of rotatable bonds is 1. The van der Waals surface area contributed by atoms with Crippen LogP contribution in [0.4, 0.5) is 0 Å². The summed E-state index contributed by atoms with van der Waals surface area (Å²) in [6.07, 6.45) is 0. The van der Waals surface area contributed by atoms with Crippen molar-refractivity contribution in [1.29, 1.82) is 5.41 Å². The van der Waals surface area contributed by atoms with Crippen molar-refractivity contribution in [2.75, 3.05) is 7.11 Å². The molecule has 0 aromatic carbocycles. The smallest absolute Gasteiger partial charge is 0.307 e. The highest BCUT2D eigenvalue weighted by Gasteiger charge is 1.99. The van der Waals surface area contributed by atoms with Crippen LogP contribution in [0.15, 0.2) is 10.9 Å². The number of methoxy groups -OCH3 is 1. The van der Waals surface area contributed by atoms with E-state index in [-0.39, 0.29) is 11.2 Å². The number of hydrogen-bond acceptors (Lipinski definition) is 4. The quantitative estimate of drug-likeness (QED) is 0.452. The Bertz CT molecular complexity index is 364. The molecule has 0 radical (unpaired) electrons. The van der Waals surface area contributed by atoms with Crippen molar-refractivity contribution in [3.8, 4) is 5.75 Å². The molecule has 1 aromatic rings. The molecule has 0 aliphatic carbocycles. The van der Waals surface area contributed by atoms with Gasteiger partial charge >= 0.3 is 5.56 Å². The van der Waals surface area contributed by atoms with Gasteiger partial charge in [0.25, 0.3) is 0 Å². The third-order valence-electron chi connectivity index (χ3n) is 1.15. The van der Waals surface area contributed by atoms with Gasteiger partial charge < -0.3 is 9.94 Å². The highest BCUT2D eigenvalue weighted by molar-refractivity contribution is 5.12. The van der Waals surface area contributed by atoms with E-state index in [1.807, 2.05) is 5.10 Å². The van der Waals surface area contributed by atoms with E-state index in [1.165, 1.54) is 7.11 Å². The van der Waals surface area contributed by atoms with Crippen molar-refractivity contribution >= 4 is 0 Å². The Morgan fingerprint density at radius 1 is 1.82 bits per heavy atom. The van der Waals surface area contributed by atoms with Crippen LogP contribution in [-0.2, 0) is 0 Å². The molecular weight excluding hydrogens is 150 g/mol. The Balaban J connectivity index is 3.45. The van der Waals surface area contributed by atoms with Gasteiger partial charge in [-0.05, 0) is 0 Å². The summed E-state index contributed by atoms with van der Waals surface area (Å²) in [5.41, 5.74) is -0.826. The number of H-pyrrole nitrogens is 1. The molecule has 6 nitrogen and oxygen atoms in total. The number of aromatic amines is 1. The van der Waals surface area contributed by atoms with Crippen molar-refractivity contribution in [2.24, 2.45) is 0 Å². The summed E-state index contributed by atoms with van der Waals surface area (Å²) in [6, 6.07) is 1.11. The van der Waals surface area contributed by atoms with Crippen molar-refractivity contribution in [3.63, 3.8) is 0 Å². The van der Waals surface area contributed by atoms with E-state index in [1.54, 1.807) is 0 Å². The summed E-state index contributed by atoms with van der Waals surface area (Å²) < 4.78 is 4.59. The fraction of sp³-hybridized carbons (Fsp3) is 0.200. The van der Waals surface area contributed by atoms with Gasteiger partial charge in [0.2, 0.25) is 0 Å². The molecule has 6 heteroatoms. The van der Waals surface area contributed by atoms with Crippen molar-refractivity contribution in [1.82, 2.24) is 9.94 Å². The summed E-state index contributed by atoms with van der Waals surface area (Å²) >= 11 is 0. The molecule has 0 saturated carbocycles. The number of ether oxygens (including phenoxy) is 1. The molecule has 60 valence electrons. The van der Waals surface area contributed by atoms with Crippen LogP contribution < -0.4 is 15.8 Å². The first-order valence-electron chi connectivity index (χ1n) is 2.79. The second kappa shape index (κ2) is 2.49. The highest BCUT2D eigenvalue weighted by atomic mass is 16.5. The van der Waals surface area contributed by atoms with Crippen LogP contribution in [0.2, 0.25) is 0 Å². The molecule has 1 aromatic heterocycles. The zero-order valence-corrected chi connectivity index (χ0v) is 5.79. The topological polar surface area (TPSA) is 91.1 Å². The van der Waals surface area contributed by atoms with E-state index in [9.17, 15) is 4.79 Å². The Labute approximate surface area is 61.1 Å². The van der Waals surface area contributed by atoms with Gasteiger partial charge in [0.1, 0.15) is 0 Å². The summed E-state index contributed by atoms with van der Waals surface area (Å²) in [6.45, 7) is 0. The van der Waals surface area contributed by atoms with Crippen LogP contribution in [0.5, 0.6) is 5.75 Å². The molecule has 0 atom stereocenters. The lowest BCUT2D eigenvalue weighted by molar-refractivity contribution is 0.126. The number of nitrogens with zero attached hydrogens (tertiary/aromatic N) is 1. The molecule has 0 spiro atoms. The molecule has 0 saturated heterocycles. The number of hydrogen-bond donors (Lipinski definition) is 3. The first kappa shape index (κ1) is 7.39. The second-order valence-electron chi connectivity index (χ2n) is 1.85. The summed E-state index contributed by atoms with van der Waals surface area (Å²) in [5.74, 6) is 0.000278. The SMILES string of the molecule is COc1cc(=N)n(O)[nH]c1=O. The van der Waals surface area contributed by atoms with Gasteiger partial charge in [-0.25, -0.2) is 5.10 Å². The zero-order chi connectivity index (χ0) is 8.43. The van der Waals surface area contributed by atoms with Crippen LogP contribution in [0.25, 0.3) is 0 Å². The maximum absolute atomic E-state index is 10.8.